The van der Waals surface area contributed by atoms with E-state index in [4.69, 9.17) is 10.9 Å². The van der Waals surface area contributed by atoms with Crippen LogP contribution in [-0.4, -0.2) is 46.6 Å². The second-order valence-electron chi connectivity index (χ2n) is 4.25. The van der Waals surface area contributed by atoms with Crippen molar-refractivity contribution in [3.8, 4) is 0 Å². The summed E-state index contributed by atoms with van der Waals surface area (Å²) in [6.45, 7) is 5.85. The van der Waals surface area contributed by atoms with Crippen molar-refractivity contribution in [1.82, 2.24) is 4.90 Å². The van der Waals surface area contributed by atoms with E-state index in [-0.39, 0.29) is 0 Å². The van der Waals surface area contributed by atoms with Crippen LogP contribution in [0.25, 0.3) is 0 Å². The van der Waals surface area contributed by atoms with E-state index in [1.54, 1.807) is 0 Å². The highest BCUT2D eigenvalue weighted by Crippen LogP contribution is 2.21. The molecule has 1 aliphatic heterocycles. The minimum Gasteiger partial charge on any atom is -0.409 e. The first-order valence-corrected chi connectivity index (χ1v) is 7.11. The Kier molecular flexibility index (Phi) is 6.64. The highest BCUT2D eigenvalue weighted by Gasteiger charge is 2.17. The summed E-state index contributed by atoms with van der Waals surface area (Å²) in [5, 5.41) is 12.2. The molecule has 16 heavy (non-hydrogen) atoms. The van der Waals surface area contributed by atoms with Crippen molar-refractivity contribution in [2.45, 2.75) is 37.9 Å². The van der Waals surface area contributed by atoms with Crippen LogP contribution in [-0.2, 0) is 0 Å². The van der Waals surface area contributed by atoms with Crippen LogP contribution in [0, 0.1) is 0 Å². The third-order valence-corrected chi connectivity index (χ3v) is 4.34. The maximum Gasteiger partial charge on any atom is 0.139 e. The van der Waals surface area contributed by atoms with Gasteiger partial charge in [0.1, 0.15) is 5.84 Å². The zero-order chi connectivity index (χ0) is 11.8. The average Bonchev–Trinajstić information content (AvgIpc) is 2.34. The fourth-order valence-electron chi connectivity index (χ4n) is 1.92. The molecule has 0 bridgehead atoms. The van der Waals surface area contributed by atoms with E-state index in [9.17, 15) is 0 Å². The van der Waals surface area contributed by atoms with Gasteiger partial charge in [0.25, 0.3) is 0 Å². The van der Waals surface area contributed by atoms with Gasteiger partial charge in [-0.1, -0.05) is 12.1 Å². The Morgan fingerprint density at radius 2 is 2.38 bits per heavy atom. The van der Waals surface area contributed by atoms with Crippen molar-refractivity contribution < 1.29 is 5.21 Å². The van der Waals surface area contributed by atoms with Crippen molar-refractivity contribution in [3.05, 3.63) is 0 Å². The molecular weight excluding hydrogens is 222 g/mol. The van der Waals surface area contributed by atoms with Crippen LogP contribution in [0.2, 0.25) is 0 Å². The number of hydrogen-bond donors (Lipinski definition) is 2. The van der Waals surface area contributed by atoms with Crippen LogP contribution < -0.4 is 5.73 Å². The molecule has 1 atom stereocenters. The molecular formula is C11H23N3OS. The van der Waals surface area contributed by atoms with E-state index in [2.05, 4.69) is 28.7 Å². The molecule has 0 aromatic carbocycles. The normalized spacial score (nSPS) is 23.6. The van der Waals surface area contributed by atoms with E-state index in [1.165, 1.54) is 25.3 Å². The first kappa shape index (κ1) is 13.6. The first-order chi connectivity index (χ1) is 7.76. The molecule has 1 saturated heterocycles. The summed E-state index contributed by atoms with van der Waals surface area (Å²) in [6.07, 6.45) is 4.12. The summed E-state index contributed by atoms with van der Waals surface area (Å²) in [7, 11) is 0. The molecule has 5 heteroatoms. The van der Waals surface area contributed by atoms with Gasteiger partial charge in [0.2, 0.25) is 0 Å². The Morgan fingerprint density at radius 3 is 3.06 bits per heavy atom. The summed E-state index contributed by atoms with van der Waals surface area (Å²) in [4.78, 5) is 2.54. The predicted octanol–water partition coefficient (Wildman–Crippen LogP) is 1.73. The zero-order valence-electron chi connectivity index (χ0n) is 10.1. The standard InChI is InChI=1S/C11H23N3OS/c1-2-10-9-14(7-8-16-10)6-4-3-5-11(12)13-15/h10,15H,2-9H2,1H3,(H2,12,13). The smallest absolute Gasteiger partial charge is 0.139 e. The summed E-state index contributed by atoms with van der Waals surface area (Å²) in [6, 6.07) is 0. The molecule has 1 aliphatic rings. The summed E-state index contributed by atoms with van der Waals surface area (Å²) in [5.74, 6) is 1.61. The van der Waals surface area contributed by atoms with Crippen molar-refractivity contribution in [2.24, 2.45) is 10.9 Å². The van der Waals surface area contributed by atoms with Crippen LogP contribution in [0.3, 0.4) is 0 Å². The predicted molar refractivity (Wildman–Crippen MR) is 70.2 cm³/mol. The van der Waals surface area contributed by atoms with Gasteiger partial charge in [-0.3, -0.25) is 0 Å². The summed E-state index contributed by atoms with van der Waals surface area (Å²) >= 11 is 2.10. The lowest BCUT2D eigenvalue weighted by atomic mass is 10.2. The average molecular weight is 245 g/mol. The highest BCUT2D eigenvalue weighted by atomic mass is 32.2. The fourth-order valence-corrected chi connectivity index (χ4v) is 3.17. The SMILES string of the molecule is CCC1CN(CCCCC(N)=NO)CCS1. The maximum atomic E-state index is 8.40. The Balaban J connectivity index is 2.08. The van der Waals surface area contributed by atoms with Gasteiger partial charge >= 0.3 is 0 Å². The van der Waals surface area contributed by atoms with E-state index in [0.29, 0.717) is 12.3 Å². The lowest BCUT2D eigenvalue weighted by molar-refractivity contribution is 0.275. The fraction of sp³-hybridized carbons (Fsp3) is 0.909. The number of nitrogens with zero attached hydrogens (tertiary/aromatic N) is 2. The van der Waals surface area contributed by atoms with Crippen molar-refractivity contribution >= 4 is 17.6 Å². The Bertz CT molecular complexity index is 223. The highest BCUT2D eigenvalue weighted by molar-refractivity contribution is 8.00. The van der Waals surface area contributed by atoms with Crippen LogP contribution in [0.5, 0.6) is 0 Å². The molecule has 0 saturated carbocycles. The van der Waals surface area contributed by atoms with Crippen molar-refractivity contribution in [1.29, 1.82) is 0 Å². The number of thioether (sulfide) groups is 1. The van der Waals surface area contributed by atoms with Gasteiger partial charge in [-0.05, 0) is 25.8 Å². The van der Waals surface area contributed by atoms with Gasteiger partial charge < -0.3 is 15.8 Å². The second-order valence-corrected chi connectivity index (χ2v) is 5.66. The van der Waals surface area contributed by atoms with E-state index >= 15 is 0 Å². The van der Waals surface area contributed by atoms with Crippen LogP contribution in [0.15, 0.2) is 5.16 Å². The molecule has 94 valence electrons. The number of nitrogens with two attached hydrogens (primary N) is 1. The molecule has 0 aliphatic carbocycles. The zero-order valence-corrected chi connectivity index (χ0v) is 10.9. The van der Waals surface area contributed by atoms with Gasteiger partial charge in [0, 0.05) is 30.5 Å². The van der Waals surface area contributed by atoms with Crippen LogP contribution in [0.4, 0.5) is 0 Å². The van der Waals surface area contributed by atoms with Gasteiger partial charge in [0.05, 0.1) is 0 Å². The topological polar surface area (TPSA) is 61.8 Å². The molecule has 3 N–H and O–H groups in total. The van der Waals surface area contributed by atoms with Crippen LogP contribution in [0.1, 0.15) is 32.6 Å². The lowest BCUT2D eigenvalue weighted by Gasteiger charge is -2.31. The molecule has 1 rings (SSSR count). The van der Waals surface area contributed by atoms with Crippen molar-refractivity contribution in [2.75, 3.05) is 25.4 Å². The third kappa shape index (κ3) is 5.07. The van der Waals surface area contributed by atoms with E-state index < -0.39 is 0 Å². The minimum atomic E-state index is 0.348. The van der Waals surface area contributed by atoms with Gasteiger partial charge in [0.15, 0.2) is 0 Å². The molecule has 0 amide bonds. The Morgan fingerprint density at radius 1 is 1.56 bits per heavy atom. The second kappa shape index (κ2) is 7.79. The largest absolute Gasteiger partial charge is 0.409 e. The Hall–Kier alpha value is -0.420. The molecule has 0 aromatic heterocycles. The molecule has 4 nitrogen and oxygen atoms in total. The number of rotatable bonds is 6. The van der Waals surface area contributed by atoms with E-state index in [0.717, 1.165) is 24.6 Å². The maximum absolute atomic E-state index is 8.40. The van der Waals surface area contributed by atoms with Gasteiger partial charge in [-0.15, -0.1) is 0 Å². The monoisotopic (exact) mass is 245 g/mol. The van der Waals surface area contributed by atoms with Crippen molar-refractivity contribution in [3.63, 3.8) is 0 Å². The lowest BCUT2D eigenvalue weighted by Crippen LogP contribution is -2.38. The number of oxime groups is 1. The molecule has 0 spiro atoms. The Labute approximate surface area is 102 Å². The van der Waals surface area contributed by atoms with E-state index in [1.807, 2.05) is 0 Å². The molecule has 1 heterocycles. The molecule has 0 radical (unpaired) electrons. The number of unbranched alkanes of at least 4 members (excludes halogenated alkanes) is 1. The number of amidine groups is 1. The molecule has 0 aromatic rings. The quantitative estimate of drug-likeness (QED) is 0.246. The summed E-state index contributed by atoms with van der Waals surface area (Å²) in [5.41, 5.74) is 5.42. The third-order valence-electron chi connectivity index (χ3n) is 2.96. The van der Waals surface area contributed by atoms with Crippen LogP contribution >= 0.6 is 11.8 Å². The molecule has 1 fully saturated rings. The molecule has 1 unspecified atom stereocenters. The number of hydrogen-bond acceptors (Lipinski definition) is 4. The minimum absolute atomic E-state index is 0.348. The van der Waals surface area contributed by atoms with Gasteiger partial charge in [-0.25, -0.2) is 0 Å². The first-order valence-electron chi connectivity index (χ1n) is 6.06. The summed E-state index contributed by atoms with van der Waals surface area (Å²) < 4.78 is 0. The van der Waals surface area contributed by atoms with Gasteiger partial charge in [-0.2, -0.15) is 11.8 Å².